The highest BCUT2D eigenvalue weighted by atomic mass is 79.9. The first kappa shape index (κ1) is 25.5. The fourth-order valence-electron chi connectivity index (χ4n) is 3.28. The van der Waals surface area contributed by atoms with Crippen molar-refractivity contribution in [3.05, 3.63) is 66.7 Å². The van der Waals surface area contributed by atoms with E-state index in [-0.39, 0.29) is 33.7 Å². The number of hydrogen-bond acceptors (Lipinski definition) is 9. The summed E-state index contributed by atoms with van der Waals surface area (Å²) in [6.45, 7) is 0.346. The van der Waals surface area contributed by atoms with Crippen LogP contribution in [-0.2, 0) is 16.6 Å². The summed E-state index contributed by atoms with van der Waals surface area (Å²) in [7, 11) is 5.67. The van der Waals surface area contributed by atoms with Crippen LogP contribution in [0.25, 0.3) is 0 Å². The number of halogens is 1. The number of rotatable bonds is 6. The maximum absolute atomic E-state index is 11.8. The Morgan fingerprint density at radius 1 is 1.03 bits per heavy atom. The number of ether oxygens (including phenoxy) is 3. The number of amides is 1. The molecule has 12 nitrogen and oxygen atoms in total. The van der Waals surface area contributed by atoms with Crippen LogP contribution in [0, 0.1) is 20.2 Å². The Morgan fingerprint density at radius 2 is 1.58 bits per heavy atom. The normalized spacial score (nSPS) is 11.8. The number of nitro benzene ring substituents is 2. The maximum Gasteiger partial charge on any atom is 0.345 e. The zero-order valence-corrected chi connectivity index (χ0v) is 19.7. The van der Waals surface area contributed by atoms with Crippen LogP contribution in [0.1, 0.15) is 31.8 Å². The molecule has 1 amide bonds. The van der Waals surface area contributed by atoms with Crippen LogP contribution in [0.4, 0.5) is 11.4 Å². The molecule has 2 aromatic rings. The van der Waals surface area contributed by atoms with Gasteiger partial charge < -0.3 is 19.1 Å². The molecule has 0 aliphatic carbocycles. The third-order valence-corrected chi connectivity index (χ3v) is 5.37. The zero-order valence-electron chi connectivity index (χ0n) is 18.1. The average molecular weight is 526 g/mol. The summed E-state index contributed by atoms with van der Waals surface area (Å²) in [6, 6.07) is 5.48. The molecule has 3 rings (SSSR count). The van der Waals surface area contributed by atoms with Crippen LogP contribution in [0.3, 0.4) is 0 Å². The van der Waals surface area contributed by atoms with Crippen molar-refractivity contribution < 1.29 is 33.6 Å². The summed E-state index contributed by atoms with van der Waals surface area (Å²) in [5, 5.41) is 21.9. The summed E-state index contributed by atoms with van der Waals surface area (Å²) in [4.78, 5) is 45.3. The van der Waals surface area contributed by atoms with Crippen LogP contribution in [0.5, 0.6) is 11.5 Å². The number of carbonyl (C=O) groups excluding carboxylic acids is 2. The van der Waals surface area contributed by atoms with Gasteiger partial charge in [-0.1, -0.05) is 15.9 Å². The monoisotopic (exact) mass is 525 g/mol. The number of nitrogens with zero attached hydrogens (tertiary/aromatic N) is 3. The summed E-state index contributed by atoms with van der Waals surface area (Å²) in [6.07, 6.45) is 0. The minimum absolute atomic E-state index is 0.0891. The number of methoxy groups -OCH3 is 3. The number of carbonyl (C=O) groups is 2. The van der Waals surface area contributed by atoms with Crippen molar-refractivity contribution in [1.29, 1.82) is 0 Å². The number of esters is 1. The van der Waals surface area contributed by atoms with Gasteiger partial charge in [0.2, 0.25) is 0 Å². The molecule has 2 aromatic carbocycles. The van der Waals surface area contributed by atoms with Gasteiger partial charge in [-0.25, -0.2) is 4.79 Å². The second-order valence-electron chi connectivity index (χ2n) is 6.58. The van der Waals surface area contributed by atoms with E-state index in [0.29, 0.717) is 29.2 Å². The summed E-state index contributed by atoms with van der Waals surface area (Å²) in [5.41, 5.74) is 0.579. The second kappa shape index (κ2) is 10.7. The topological polar surface area (TPSA) is 151 Å². The maximum atomic E-state index is 11.8. The molecule has 0 atom stereocenters. The van der Waals surface area contributed by atoms with E-state index < -0.39 is 15.8 Å². The molecule has 33 heavy (non-hydrogen) atoms. The zero-order chi connectivity index (χ0) is 24.9. The molecule has 0 bridgehead atoms. The van der Waals surface area contributed by atoms with Crippen LogP contribution < -0.4 is 9.47 Å². The summed E-state index contributed by atoms with van der Waals surface area (Å²) < 4.78 is 14.7. The third-order valence-electron chi connectivity index (χ3n) is 4.81. The number of alkyl halides is 1. The Bertz CT molecular complexity index is 1120. The standard InChI is InChI=1S/C10H10BrNO5.C10H10N2O4/c1-16-8-4-3-7(12(14)15)9(6(8)5-11)10(13)17-2;1-11-5-6-8(16-2)4-3-7(12(14)15)9(6)10(11)13/h3-4H,5H2,1-2H3;3-4H,5H2,1-2H3. The lowest BCUT2D eigenvalue weighted by atomic mass is 10.1. The molecule has 1 heterocycles. The van der Waals surface area contributed by atoms with Crippen molar-refractivity contribution in [2.75, 3.05) is 28.4 Å². The minimum atomic E-state index is -0.759. The first-order chi connectivity index (χ1) is 15.6. The third kappa shape index (κ3) is 5.03. The first-order valence-corrected chi connectivity index (χ1v) is 10.3. The van der Waals surface area contributed by atoms with Crippen LogP contribution in [0.15, 0.2) is 24.3 Å². The Morgan fingerprint density at radius 3 is 2.06 bits per heavy atom. The van der Waals surface area contributed by atoms with E-state index in [1.807, 2.05) is 0 Å². The van der Waals surface area contributed by atoms with Crippen molar-refractivity contribution in [2.24, 2.45) is 0 Å². The lowest BCUT2D eigenvalue weighted by Crippen LogP contribution is -2.18. The van der Waals surface area contributed by atoms with E-state index in [4.69, 9.17) is 9.47 Å². The van der Waals surface area contributed by atoms with E-state index in [1.165, 1.54) is 50.5 Å². The number of hydrogen-bond donors (Lipinski definition) is 0. The van der Waals surface area contributed by atoms with Crippen molar-refractivity contribution >= 4 is 39.2 Å². The van der Waals surface area contributed by atoms with Gasteiger partial charge in [0.1, 0.15) is 22.6 Å². The van der Waals surface area contributed by atoms with Crippen LogP contribution in [-0.4, -0.2) is 55.0 Å². The lowest BCUT2D eigenvalue weighted by molar-refractivity contribution is -0.385. The predicted octanol–water partition coefficient (Wildman–Crippen LogP) is 3.47. The number of benzene rings is 2. The van der Waals surface area contributed by atoms with Crippen LogP contribution in [0.2, 0.25) is 0 Å². The molecule has 0 radical (unpaired) electrons. The molecule has 0 saturated heterocycles. The van der Waals surface area contributed by atoms with E-state index >= 15 is 0 Å². The van der Waals surface area contributed by atoms with Crippen molar-refractivity contribution in [3.63, 3.8) is 0 Å². The molecular weight excluding hydrogens is 506 g/mol. The Balaban J connectivity index is 0.000000234. The molecule has 1 aliphatic heterocycles. The second-order valence-corrected chi connectivity index (χ2v) is 7.14. The van der Waals surface area contributed by atoms with Crippen molar-refractivity contribution in [2.45, 2.75) is 11.9 Å². The molecule has 1 aliphatic rings. The van der Waals surface area contributed by atoms with Gasteiger partial charge in [0.15, 0.2) is 0 Å². The Kier molecular flexibility index (Phi) is 8.29. The largest absolute Gasteiger partial charge is 0.496 e. The van der Waals surface area contributed by atoms with Gasteiger partial charge >= 0.3 is 5.97 Å². The summed E-state index contributed by atoms with van der Waals surface area (Å²) in [5.74, 6) is -0.183. The molecule has 176 valence electrons. The number of fused-ring (bicyclic) bond motifs is 1. The summed E-state index contributed by atoms with van der Waals surface area (Å²) >= 11 is 3.17. The van der Waals surface area contributed by atoms with E-state index in [9.17, 15) is 29.8 Å². The highest BCUT2D eigenvalue weighted by Gasteiger charge is 2.35. The highest BCUT2D eigenvalue weighted by Crippen LogP contribution is 2.36. The molecule has 13 heteroatoms. The minimum Gasteiger partial charge on any atom is -0.496 e. The van der Waals surface area contributed by atoms with E-state index in [0.717, 1.165) is 0 Å². The molecular formula is C20H20BrN3O9. The van der Waals surface area contributed by atoms with Gasteiger partial charge in [-0.3, -0.25) is 25.0 Å². The predicted molar refractivity (Wildman–Crippen MR) is 119 cm³/mol. The van der Waals surface area contributed by atoms with Crippen molar-refractivity contribution in [1.82, 2.24) is 4.90 Å². The fourth-order valence-corrected chi connectivity index (χ4v) is 3.83. The highest BCUT2D eigenvalue weighted by molar-refractivity contribution is 9.08. The van der Waals surface area contributed by atoms with Gasteiger partial charge in [-0.05, 0) is 12.1 Å². The van der Waals surface area contributed by atoms with Gasteiger partial charge in [-0.2, -0.15) is 0 Å². The molecule has 0 saturated carbocycles. The smallest absolute Gasteiger partial charge is 0.345 e. The molecule has 0 spiro atoms. The van der Waals surface area contributed by atoms with Gasteiger partial charge in [0.05, 0.1) is 37.7 Å². The number of nitro groups is 2. The van der Waals surface area contributed by atoms with E-state index in [1.54, 1.807) is 7.05 Å². The SMILES string of the molecule is COC(=O)c1c([N+](=O)[O-])ccc(OC)c1CBr.COc1ccc([N+](=O)[O-])c2c1CN(C)C2=O. The lowest BCUT2D eigenvalue weighted by Gasteiger charge is -2.10. The molecule has 0 aromatic heterocycles. The van der Waals surface area contributed by atoms with Gasteiger partial charge in [0, 0.05) is 35.6 Å². The molecule has 0 N–H and O–H groups in total. The van der Waals surface area contributed by atoms with Crippen LogP contribution >= 0.6 is 15.9 Å². The van der Waals surface area contributed by atoms with Crippen molar-refractivity contribution in [3.8, 4) is 11.5 Å². The molecule has 0 unspecified atom stereocenters. The van der Waals surface area contributed by atoms with E-state index in [2.05, 4.69) is 20.7 Å². The molecule has 0 fully saturated rings. The average Bonchev–Trinajstić information content (AvgIpc) is 3.11. The Labute approximate surface area is 196 Å². The van der Waals surface area contributed by atoms with Gasteiger partial charge in [0.25, 0.3) is 17.3 Å². The Hall–Kier alpha value is -3.74. The first-order valence-electron chi connectivity index (χ1n) is 9.21. The van der Waals surface area contributed by atoms with Gasteiger partial charge in [-0.15, -0.1) is 0 Å². The quantitative estimate of drug-likeness (QED) is 0.238. The fraction of sp³-hybridized carbons (Fsp3) is 0.300.